The van der Waals surface area contributed by atoms with E-state index in [2.05, 4.69) is 79.1 Å². The van der Waals surface area contributed by atoms with Gasteiger partial charge in [-0.15, -0.1) is 0 Å². The summed E-state index contributed by atoms with van der Waals surface area (Å²) in [5.41, 5.74) is 4.33. The summed E-state index contributed by atoms with van der Waals surface area (Å²) in [6.45, 7) is 3.29. The number of carbonyl (C=O) groups excluding carboxylic acids is 1. The Balaban J connectivity index is 0.00000342. The summed E-state index contributed by atoms with van der Waals surface area (Å²) < 4.78 is 1.05. The molecule has 4 nitrogen and oxygen atoms in total. The van der Waals surface area contributed by atoms with Crippen LogP contribution in [0.5, 0.6) is 0 Å². The van der Waals surface area contributed by atoms with Gasteiger partial charge in [0.15, 0.2) is 0 Å². The monoisotopic (exact) mass is 579 g/mol. The number of likely N-dealkylation sites (tertiary alicyclic amines) is 1. The maximum atomic E-state index is 12.5. The van der Waals surface area contributed by atoms with Gasteiger partial charge in [-0.05, 0) is 28.8 Å². The minimum Gasteiger partial charge on any atom is -1.00 e. The molecule has 0 saturated carbocycles. The standard InChI is InChI=1S/C30H33N3O.HI/c1-33(21-18-29(26-8-4-2-5-9-26)27-10-6-3-7-11-27)19-16-28(17-20-33)32-30(34)22-24-12-14-25(23-31)15-13-24;/h2-15,28-29H,16-22H2,1H3;1H. The van der Waals surface area contributed by atoms with Gasteiger partial charge in [-0.2, -0.15) is 5.26 Å². The molecule has 1 N–H and O–H groups in total. The van der Waals surface area contributed by atoms with Crippen molar-refractivity contribution in [3.63, 3.8) is 0 Å². The summed E-state index contributed by atoms with van der Waals surface area (Å²) in [6.07, 6.45) is 3.50. The molecule has 0 spiro atoms. The second-order valence-corrected chi connectivity index (χ2v) is 9.78. The highest BCUT2D eigenvalue weighted by molar-refractivity contribution is 5.78. The van der Waals surface area contributed by atoms with Crippen molar-refractivity contribution < 1.29 is 33.3 Å². The summed E-state index contributed by atoms with van der Waals surface area (Å²) in [5, 5.41) is 12.2. The summed E-state index contributed by atoms with van der Waals surface area (Å²) in [4.78, 5) is 12.5. The normalized spacial score (nSPS) is 19.4. The van der Waals surface area contributed by atoms with Crippen LogP contribution < -0.4 is 29.3 Å². The number of nitrogens with one attached hydrogen (secondary N) is 1. The first-order valence-electron chi connectivity index (χ1n) is 12.3. The molecule has 0 aliphatic carbocycles. The van der Waals surface area contributed by atoms with Crippen molar-refractivity contribution in [2.75, 3.05) is 26.7 Å². The number of hydrogen-bond donors (Lipinski definition) is 1. The summed E-state index contributed by atoms with van der Waals surface area (Å²) >= 11 is 0. The van der Waals surface area contributed by atoms with Gasteiger partial charge < -0.3 is 33.8 Å². The van der Waals surface area contributed by atoms with E-state index in [-0.39, 0.29) is 35.9 Å². The van der Waals surface area contributed by atoms with E-state index in [0.29, 0.717) is 17.9 Å². The lowest BCUT2D eigenvalue weighted by Crippen LogP contribution is -3.00. The fourth-order valence-corrected chi connectivity index (χ4v) is 5.06. The van der Waals surface area contributed by atoms with Gasteiger partial charge in [-0.25, -0.2) is 0 Å². The Morgan fingerprint density at radius 2 is 1.49 bits per heavy atom. The number of halogens is 1. The molecule has 35 heavy (non-hydrogen) atoms. The molecule has 4 rings (SSSR count). The van der Waals surface area contributed by atoms with Crippen LogP contribution in [0.1, 0.15) is 47.4 Å². The highest BCUT2D eigenvalue weighted by atomic mass is 127. The number of nitriles is 1. The highest BCUT2D eigenvalue weighted by Crippen LogP contribution is 2.30. The predicted octanol–water partition coefficient (Wildman–Crippen LogP) is 2.05. The maximum absolute atomic E-state index is 12.5. The molecule has 1 fully saturated rings. The van der Waals surface area contributed by atoms with Crippen LogP contribution in [0.15, 0.2) is 84.9 Å². The third-order valence-electron chi connectivity index (χ3n) is 7.21. The summed E-state index contributed by atoms with van der Waals surface area (Å²) in [7, 11) is 2.36. The molecule has 1 aliphatic heterocycles. The van der Waals surface area contributed by atoms with E-state index < -0.39 is 0 Å². The van der Waals surface area contributed by atoms with Gasteiger partial charge in [0.1, 0.15) is 0 Å². The lowest BCUT2D eigenvalue weighted by atomic mass is 9.88. The second-order valence-electron chi connectivity index (χ2n) is 9.78. The quantitative estimate of drug-likeness (QED) is 0.328. The van der Waals surface area contributed by atoms with Crippen LogP contribution in [-0.2, 0) is 11.2 Å². The molecule has 3 aromatic rings. The van der Waals surface area contributed by atoms with Gasteiger partial charge in [0.2, 0.25) is 5.91 Å². The van der Waals surface area contributed by atoms with Gasteiger partial charge in [0.05, 0.1) is 44.7 Å². The Labute approximate surface area is 226 Å². The smallest absolute Gasteiger partial charge is 0.224 e. The summed E-state index contributed by atoms with van der Waals surface area (Å²) in [6, 6.07) is 31.3. The number of nitrogens with zero attached hydrogens (tertiary/aromatic N) is 2. The number of piperidine rings is 1. The Hall–Kier alpha value is -2.69. The van der Waals surface area contributed by atoms with Crippen LogP contribution in [0.3, 0.4) is 0 Å². The zero-order chi connectivity index (χ0) is 23.8. The van der Waals surface area contributed by atoms with E-state index in [9.17, 15) is 4.79 Å². The largest absolute Gasteiger partial charge is 1.00 e. The Kier molecular flexibility index (Phi) is 9.88. The molecule has 5 heteroatoms. The zero-order valence-corrected chi connectivity index (χ0v) is 22.5. The molecule has 1 aliphatic rings. The zero-order valence-electron chi connectivity index (χ0n) is 20.4. The van der Waals surface area contributed by atoms with Gasteiger partial charge in [-0.3, -0.25) is 4.79 Å². The summed E-state index contributed by atoms with van der Waals surface area (Å²) in [5.74, 6) is 0.473. The molecule has 1 saturated heterocycles. The van der Waals surface area contributed by atoms with Crippen molar-refractivity contribution in [1.82, 2.24) is 5.32 Å². The Bertz CT molecular complexity index is 1060. The van der Waals surface area contributed by atoms with Crippen molar-refractivity contribution in [2.45, 2.75) is 37.6 Å². The van der Waals surface area contributed by atoms with E-state index in [0.717, 1.165) is 48.9 Å². The van der Waals surface area contributed by atoms with Gasteiger partial charge in [0, 0.05) is 31.2 Å². The topological polar surface area (TPSA) is 52.9 Å². The number of rotatable bonds is 8. The Morgan fingerprint density at radius 3 is 2.00 bits per heavy atom. The number of hydrogen-bond acceptors (Lipinski definition) is 2. The third-order valence-corrected chi connectivity index (χ3v) is 7.21. The van der Waals surface area contributed by atoms with Gasteiger partial charge >= 0.3 is 0 Å². The molecule has 0 bridgehead atoms. The molecular formula is C30H34IN3O. The van der Waals surface area contributed by atoms with E-state index in [1.807, 2.05) is 12.1 Å². The van der Waals surface area contributed by atoms with Crippen molar-refractivity contribution in [2.24, 2.45) is 0 Å². The van der Waals surface area contributed by atoms with Crippen LogP contribution >= 0.6 is 0 Å². The number of carbonyl (C=O) groups is 1. The molecule has 1 heterocycles. The number of amides is 1. The van der Waals surface area contributed by atoms with E-state index in [1.54, 1.807) is 12.1 Å². The first-order valence-corrected chi connectivity index (χ1v) is 12.3. The van der Waals surface area contributed by atoms with Crippen molar-refractivity contribution in [3.05, 3.63) is 107 Å². The lowest BCUT2D eigenvalue weighted by molar-refractivity contribution is -0.914. The molecule has 0 radical (unpaired) electrons. The molecule has 1 amide bonds. The third kappa shape index (κ3) is 7.65. The van der Waals surface area contributed by atoms with E-state index >= 15 is 0 Å². The van der Waals surface area contributed by atoms with Crippen molar-refractivity contribution >= 4 is 5.91 Å². The SMILES string of the molecule is C[N+]1(CCC(c2ccccc2)c2ccccc2)CCC(NC(=O)Cc2ccc(C#N)cc2)CC1.[I-]. The first kappa shape index (κ1) is 26.9. The average molecular weight is 580 g/mol. The molecule has 3 aromatic carbocycles. The molecule has 0 unspecified atom stereocenters. The minimum absolute atomic E-state index is 0. The van der Waals surface area contributed by atoms with Crippen molar-refractivity contribution in [3.8, 4) is 6.07 Å². The maximum Gasteiger partial charge on any atom is 0.224 e. The van der Waals surface area contributed by atoms with E-state index in [4.69, 9.17) is 5.26 Å². The van der Waals surface area contributed by atoms with Gasteiger partial charge in [0.25, 0.3) is 0 Å². The van der Waals surface area contributed by atoms with Crippen LogP contribution in [-0.4, -0.2) is 43.1 Å². The fraction of sp³-hybridized carbons (Fsp3) is 0.333. The average Bonchev–Trinajstić information content (AvgIpc) is 2.87. The van der Waals surface area contributed by atoms with Crippen LogP contribution in [0, 0.1) is 11.3 Å². The van der Waals surface area contributed by atoms with Gasteiger partial charge in [-0.1, -0.05) is 72.8 Å². The molecule has 0 atom stereocenters. The molecule has 0 aromatic heterocycles. The Morgan fingerprint density at radius 1 is 0.943 bits per heavy atom. The number of quaternary nitrogens is 1. The highest BCUT2D eigenvalue weighted by Gasteiger charge is 2.31. The number of benzene rings is 3. The van der Waals surface area contributed by atoms with E-state index in [1.165, 1.54) is 11.1 Å². The minimum atomic E-state index is 0. The van der Waals surface area contributed by atoms with Crippen LogP contribution in [0.4, 0.5) is 0 Å². The predicted molar refractivity (Wildman–Crippen MR) is 136 cm³/mol. The van der Waals surface area contributed by atoms with Crippen molar-refractivity contribution in [1.29, 1.82) is 5.26 Å². The lowest BCUT2D eigenvalue weighted by Gasteiger charge is -2.41. The van der Waals surface area contributed by atoms with Crippen LogP contribution in [0.25, 0.3) is 0 Å². The van der Waals surface area contributed by atoms with Crippen LogP contribution in [0.2, 0.25) is 0 Å². The molecule has 182 valence electrons. The molecular weight excluding hydrogens is 545 g/mol. The fourth-order valence-electron chi connectivity index (χ4n) is 5.06. The first-order chi connectivity index (χ1) is 16.5. The second kappa shape index (κ2) is 12.9.